The number of amides is 1. The zero-order chi connectivity index (χ0) is 11.1. The van der Waals surface area contributed by atoms with Gasteiger partial charge < -0.3 is 10.0 Å². The number of nitrogens with zero attached hydrogens (tertiary/aromatic N) is 1. The molecule has 1 heterocycles. The second-order valence-corrected chi connectivity index (χ2v) is 3.84. The third kappa shape index (κ3) is 1.27. The summed E-state index contributed by atoms with van der Waals surface area (Å²) in [5.74, 6) is -0.307. The van der Waals surface area contributed by atoms with Crippen LogP contribution in [0.15, 0.2) is 42.5 Å². The van der Waals surface area contributed by atoms with Gasteiger partial charge in [0.2, 0.25) is 0 Å². The van der Waals surface area contributed by atoms with E-state index in [1.807, 2.05) is 6.07 Å². The Morgan fingerprint density at radius 3 is 2.47 bits per heavy atom. The lowest BCUT2D eigenvalue weighted by molar-refractivity contribution is -0.141. The third-order valence-corrected chi connectivity index (χ3v) is 2.79. The van der Waals surface area contributed by atoms with E-state index in [1.54, 1.807) is 31.3 Å². The van der Waals surface area contributed by atoms with Crippen molar-refractivity contribution in [1.29, 1.82) is 0 Å². The van der Waals surface area contributed by atoms with E-state index in [0.29, 0.717) is 17.7 Å². The van der Waals surface area contributed by atoms with E-state index in [-0.39, 0.29) is 5.91 Å². The Bertz CT molecular complexity index is 413. The predicted molar refractivity (Wildman–Crippen MR) is 57.1 cm³/mol. The first-order valence-corrected chi connectivity index (χ1v) is 4.78. The molecule has 1 saturated heterocycles. The van der Waals surface area contributed by atoms with Crippen LogP contribution in [0.1, 0.15) is 5.56 Å². The number of aliphatic hydroxyl groups is 1. The molecule has 1 aromatic carbocycles. The molecule has 1 aromatic rings. The summed E-state index contributed by atoms with van der Waals surface area (Å²) in [7, 11) is 1.66. The molecule has 1 fully saturated rings. The standard InChI is InChI=1S/C12H13NO2/c1-9-8-13(2)11(14)12(9,15)10-6-4-3-5-7-10/h3-7,15H,1,8H2,2H3. The summed E-state index contributed by atoms with van der Waals surface area (Å²) in [6.45, 7) is 4.18. The molecular weight excluding hydrogens is 190 g/mol. The number of rotatable bonds is 1. The number of carbonyl (C=O) groups is 1. The number of likely N-dealkylation sites (tertiary alicyclic amines) is 1. The second kappa shape index (κ2) is 3.21. The Labute approximate surface area is 88.6 Å². The molecule has 3 nitrogen and oxygen atoms in total. The van der Waals surface area contributed by atoms with Crippen molar-refractivity contribution in [2.45, 2.75) is 5.60 Å². The molecule has 0 aliphatic carbocycles. The highest BCUT2D eigenvalue weighted by Gasteiger charge is 2.48. The Hall–Kier alpha value is -1.61. The van der Waals surface area contributed by atoms with Crippen molar-refractivity contribution in [2.75, 3.05) is 13.6 Å². The van der Waals surface area contributed by atoms with Gasteiger partial charge in [-0.25, -0.2) is 0 Å². The molecule has 1 aliphatic rings. The van der Waals surface area contributed by atoms with Crippen molar-refractivity contribution >= 4 is 5.91 Å². The molecule has 0 radical (unpaired) electrons. The van der Waals surface area contributed by atoms with Crippen molar-refractivity contribution in [3.05, 3.63) is 48.0 Å². The first-order valence-electron chi connectivity index (χ1n) is 4.78. The van der Waals surface area contributed by atoms with Gasteiger partial charge in [-0.3, -0.25) is 4.79 Å². The van der Waals surface area contributed by atoms with Crippen LogP contribution < -0.4 is 0 Å². The zero-order valence-corrected chi connectivity index (χ0v) is 8.60. The maximum atomic E-state index is 11.9. The molecule has 1 unspecified atom stereocenters. The Kier molecular flexibility index (Phi) is 2.12. The maximum absolute atomic E-state index is 11.9. The molecule has 0 aromatic heterocycles. The maximum Gasteiger partial charge on any atom is 0.263 e. The van der Waals surface area contributed by atoms with Crippen LogP contribution in [0.5, 0.6) is 0 Å². The predicted octanol–water partition coefficient (Wildman–Crippen LogP) is 0.902. The Morgan fingerprint density at radius 2 is 2.00 bits per heavy atom. The highest BCUT2D eigenvalue weighted by molar-refractivity contribution is 5.92. The van der Waals surface area contributed by atoms with Gasteiger partial charge in [0.05, 0.1) is 0 Å². The summed E-state index contributed by atoms with van der Waals surface area (Å²) in [5.41, 5.74) is -0.415. The van der Waals surface area contributed by atoms with Crippen LogP contribution in [0.3, 0.4) is 0 Å². The van der Waals surface area contributed by atoms with Gasteiger partial charge in [-0.2, -0.15) is 0 Å². The summed E-state index contributed by atoms with van der Waals surface area (Å²) in [6.07, 6.45) is 0. The Balaban J connectivity index is 2.51. The van der Waals surface area contributed by atoms with Gasteiger partial charge >= 0.3 is 0 Å². The average molecular weight is 203 g/mol. The van der Waals surface area contributed by atoms with Gasteiger partial charge in [0, 0.05) is 13.6 Å². The summed E-state index contributed by atoms with van der Waals surface area (Å²) in [4.78, 5) is 13.3. The Morgan fingerprint density at radius 1 is 1.40 bits per heavy atom. The van der Waals surface area contributed by atoms with Crippen molar-refractivity contribution in [3.8, 4) is 0 Å². The third-order valence-electron chi connectivity index (χ3n) is 2.79. The molecule has 1 amide bonds. The van der Waals surface area contributed by atoms with Crippen LogP contribution in [-0.4, -0.2) is 29.5 Å². The van der Waals surface area contributed by atoms with Crippen molar-refractivity contribution in [3.63, 3.8) is 0 Å². The smallest absolute Gasteiger partial charge is 0.263 e. The van der Waals surface area contributed by atoms with Crippen LogP contribution >= 0.6 is 0 Å². The van der Waals surface area contributed by atoms with Gasteiger partial charge in [-0.05, 0) is 11.1 Å². The van der Waals surface area contributed by atoms with Gasteiger partial charge in [-0.1, -0.05) is 36.9 Å². The minimum absolute atomic E-state index is 0.307. The molecule has 0 saturated carbocycles. The summed E-state index contributed by atoms with van der Waals surface area (Å²) >= 11 is 0. The van der Waals surface area contributed by atoms with Crippen molar-refractivity contribution in [1.82, 2.24) is 4.90 Å². The number of hydrogen-bond acceptors (Lipinski definition) is 2. The molecule has 1 atom stereocenters. The van der Waals surface area contributed by atoms with Crippen molar-refractivity contribution < 1.29 is 9.90 Å². The highest BCUT2D eigenvalue weighted by atomic mass is 16.3. The number of carbonyl (C=O) groups excluding carboxylic acids is 1. The lowest BCUT2D eigenvalue weighted by atomic mass is 9.89. The van der Waals surface area contributed by atoms with Gasteiger partial charge in [0.1, 0.15) is 0 Å². The zero-order valence-electron chi connectivity index (χ0n) is 8.60. The van der Waals surface area contributed by atoms with E-state index >= 15 is 0 Å². The largest absolute Gasteiger partial charge is 0.372 e. The molecule has 1 N–H and O–H groups in total. The molecule has 1 aliphatic heterocycles. The van der Waals surface area contributed by atoms with E-state index in [9.17, 15) is 9.90 Å². The molecular formula is C12H13NO2. The van der Waals surface area contributed by atoms with E-state index in [0.717, 1.165) is 0 Å². The van der Waals surface area contributed by atoms with Gasteiger partial charge in [-0.15, -0.1) is 0 Å². The SMILES string of the molecule is C=C1CN(C)C(=O)C1(O)c1ccccc1. The van der Waals surface area contributed by atoms with Crippen LogP contribution in [0, 0.1) is 0 Å². The average Bonchev–Trinajstić information content (AvgIpc) is 2.45. The number of hydrogen-bond donors (Lipinski definition) is 1. The van der Waals surface area contributed by atoms with E-state index in [2.05, 4.69) is 6.58 Å². The highest BCUT2D eigenvalue weighted by Crippen LogP contribution is 2.35. The van der Waals surface area contributed by atoms with E-state index in [4.69, 9.17) is 0 Å². The van der Waals surface area contributed by atoms with Gasteiger partial charge in [0.15, 0.2) is 5.60 Å². The van der Waals surface area contributed by atoms with Crippen LogP contribution in [0.4, 0.5) is 0 Å². The van der Waals surface area contributed by atoms with Gasteiger partial charge in [0.25, 0.3) is 5.91 Å². The van der Waals surface area contributed by atoms with Crippen LogP contribution in [0.25, 0.3) is 0 Å². The monoisotopic (exact) mass is 203 g/mol. The summed E-state index contributed by atoms with van der Waals surface area (Å²) < 4.78 is 0. The lowest BCUT2D eigenvalue weighted by Crippen LogP contribution is -2.36. The van der Waals surface area contributed by atoms with Crippen molar-refractivity contribution in [2.24, 2.45) is 0 Å². The number of benzene rings is 1. The first-order chi connectivity index (χ1) is 7.06. The summed E-state index contributed by atoms with van der Waals surface area (Å²) in [5, 5.41) is 10.4. The first kappa shape index (κ1) is 9.93. The minimum Gasteiger partial charge on any atom is -0.372 e. The quantitative estimate of drug-likeness (QED) is 0.689. The van der Waals surface area contributed by atoms with E-state index in [1.165, 1.54) is 4.90 Å². The fourth-order valence-corrected chi connectivity index (χ4v) is 1.91. The topological polar surface area (TPSA) is 40.5 Å². The number of likely N-dealkylation sites (N-methyl/N-ethyl adjacent to an activating group) is 1. The molecule has 15 heavy (non-hydrogen) atoms. The molecule has 0 bridgehead atoms. The van der Waals surface area contributed by atoms with Crippen LogP contribution in [-0.2, 0) is 10.4 Å². The minimum atomic E-state index is -1.53. The fraction of sp³-hybridized carbons (Fsp3) is 0.250. The fourth-order valence-electron chi connectivity index (χ4n) is 1.91. The normalized spacial score (nSPS) is 26.1. The molecule has 3 heteroatoms. The summed E-state index contributed by atoms with van der Waals surface area (Å²) in [6, 6.07) is 8.92. The lowest BCUT2D eigenvalue weighted by Gasteiger charge is -2.21. The molecule has 2 rings (SSSR count). The second-order valence-electron chi connectivity index (χ2n) is 3.84. The van der Waals surface area contributed by atoms with E-state index < -0.39 is 5.60 Å². The van der Waals surface area contributed by atoms with Crippen LogP contribution in [0.2, 0.25) is 0 Å². The molecule has 0 spiro atoms. The molecule has 78 valence electrons.